The second kappa shape index (κ2) is 6.63. The van der Waals surface area contributed by atoms with Crippen LogP contribution in [0.2, 0.25) is 0 Å². The number of anilines is 1. The number of fused-ring (bicyclic) bond motifs is 1. The maximum atomic E-state index is 12.2. The third-order valence-corrected chi connectivity index (χ3v) is 5.07. The number of alkyl halides is 1. The monoisotopic (exact) mass is 336 g/mol. The minimum absolute atomic E-state index is 0.00360. The molecule has 2 aliphatic rings. The number of hydrogen-bond donors (Lipinski definition) is 0. The molecule has 0 bridgehead atoms. The molecule has 0 saturated carbocycles. The predicted octanol–water partition coefficient (Wildman–Crippen LogP) is 2.53. The van der Waals surface area contributed by atoms with Gasteiger partial charge < -0.3 is 9.80 Å². The fourth-order valence-corrected chi connectivity index (χ4v) is 3.58. The average molecular weight is 337 g/mol. The number of hydrogen-bond acceptors (Lipinski definition) is 4. The topological polar surface area (TPSA) is 49.3 Å². The zero-order chi connectivity index (χ0) is 16.6. The van der Waals surface area contributed by atoms with E-state index in [9.17, 15) is 4.79 Å². The average Bonchev–Trinajstić information content (AvgIpc) is 2.53. The molecule has 1 amide bonds. The molecule has 3 heterocycles. The van der Waals surface area contributed by atoms with Crippen LogP contribution in [0.4, 0.5) is 5.82 Å². The summed E-state index contributed by atoms with van der Waals surface area (Å²) >= 11 is 5.99. The van der Waals surface area contributed by atoms with Crippen molar-refractivity contribution in [3.05, 3.63) is 17.1 Å². The van der Waals surface area contributed by atoms with Crippen molar-refractivity contribution < 1.29 is 4.79 Å². The zero-order valence-corrected chi connectivity index (χ0v) is 14.9. The largest absolute Gasteiger partial charge is 0.356 e. The summed E-state index contributed by atoms with van der Waals surface area (Å²) < 4.78 is 0. The van der Waals surface area contributed by atoms with Crippen LogP contribution in [0.15, 0.2) is 0 Å². The molecule has 6 heteroatoms. The molecule has 2 aliphatic heterocycles. The summed E-state index contributed by atoms with van der Waals surface area (Å²) in [6.45, 7) is 9.32. The van der Waals surface area contributed by atoms with Crippen molar-refractivity contribution in [1.82, 2.24) is 14.9 Å². The van der Waals surface area contributed by atoms with E-state index in [4.69, 9.17) is 16.6 Å². The second-order valence-electron chi connectivity index (χ2n) is 6.82. The standard InChI is InChI=1S/C17H25ClN4O/c1-11-4-7-21(8-5-11)16-14-10-22(17(23)12(2)18)9-6-15(14)19-13(3)20-16/h11-12H,4-10H2,1-3H3. The first kappa shape index (κ1) is 16.5. The number of carbonyl (C=O) groups excluding carboxylic acids is 1. The molecule has 0 aromatic carbocycles. The first-order valence-corrected chi connectivity index (χ1v) is 8.93. The van der Waals surface area contributed by atoms with Crippen LogP contribution < -0.4 is 4.90 Å². The van der Waals surface area contributed by atoms with Gasteiger partial charge >= 0.3 is 0 Å². The molecule has 23 heavy (non-hydrogen) atoms. The van der Waals surface area contributed by atoms with E-state index in [0.29, 0.717) is 13.1 Å². The van der Waals surface area contributed by atoms with E-state index in [2.05, 4.69) is 16.8 Å². The molecule has 0 radical (unpaired) electrons. The van der Waals surface area contributed by atoms with Crippen LogP contribution in [-0.4, -0.2) is 45.8 Å². The molecule has 0 aliphatic carbocycles. The van der Waals surface area contributed by atoms with Crippen LogP contribution in [0.25, 0.3) is 0 Å². The number of carbonyl (C=O) groups is 1. The Balaban J connectivity index is 1.90. The molecule has 1 unspecified atom stereocenters. The highest BCUT2D eigenvalue weighted by Gasteiger charge is 2.29. The van der Waals surface area contributed by atoms with Crippen molar-refractivity contribution in [1.29, 1.82) is 0 Å². The molecule has 1 atom stereocenters. The van der Waals surface area contributed by atoms with Gasteiger partial charge in [-0.05, 0) is 32.6 Å². The SMILES string of the molecule is Cc1nc2c(c(N3CCC(C)CC3)n1)CN(C(=O)C(C)Cl)CC2. The molecule has 1 aromatic rings. The van der Waals surface area contributed by atoms with E-state index in [1.165, 1.54) is 12.8 Å². The Bertz CT molecular complexity index is 597. The Kier molecular flexibility index (Phi) is 4.76. The first-order chi connectivity index (χ1) is 11.0. The zero-order valence-electron chi connectivity index (χ0n) is 14.2. The summed E-state index contributed by atoms with van der Waals surface area (Å²) in [5.74, 6) is 2.62. The maximum absolute atomic E-state index is 12.2. The summed E-state index contributed by atoms with van der Waals surface area (Å²) in [7, 11) is 0. The summed E-state index contributed by atoms with van der Waals surface area (Å²) in [6, 6.07) is 0. The fraction of sp³-hybridized carbons (Fsp3) is 0.706. The van der Waals surface area contributed by atoms with Gasteiger partial charge in [-0.2, -0.15) is 0 Å². The molecule has 3 rings (SSSR count). The molecule has 1 fully saturated rings. The van der Waals surface area contributed by atoms with E-state index in [-0.39, 0.29) is 5.91 Å². The van der Waals surface area contributed by atoms with Gasteiger partial charge in [-0.3, -0.25) is 4.79 Å². The van der Waals surface area contributed by atoms with Crippen LogP contribution in [0.5, 0.6) is 0 Å². The Morgan fingerprint density at radius 3 is 2.61 bits per heavy atom. The van der Waals surface area contributed by atoms with Crippen LogP contribution in [-0.2, 0) is 17.8 Å². The van der Waals surface area contributed by atoms with Gasteiger partial charge in [-0.25, -0.2) is 9.97 Å². The van der Waals surface area contributed by atoms with Gasteiger partial charge in [-0.1, -0.05) is 6.92 Å². The second-order valence-corrected chi connectivity index (χ2v) is 7.47. The summed E-state index contributed by atoms with van der Waals surface area (Å²) in [5, 5.41) is -0.484. The van der Waals surface area contributed by atoms with Gasteiger partial charge in [0.15, 0.2) is 0 Å². The number of aromatic nitrogens is 2. The number of aryl methyl sites for hydroxylation is 1. The molecular formula is C17H25ClN4O. The number of piperidine rings is 1. The first-order valence-electron chi connectivity index (χ1n) is 8.50. The molecule has 5 nitrogen and oxygen atoms in total. The molecular weight excluding hydrogens is 312 g/mol. The molecule has 1 aromatic heterocycles. The van der Waals surface area contributed by atoms with Gasteiger partial charge in [0, 0.05) is 31.6 Å². The highest BCUT2D eigenvalue weighted by Crippen LogP contribution is 2.30. The predicted molar refractivity (Wildman–Crippen MR) is 91.8 cm³/mol. The van der Waals surface area contributed by atoms with Crippen molar-refractivity contribution in [3.63, 3.8) is 0 Å². The van der Waals surface area contributed by atoms with E-state index in [1.807, 2.05) is 11.8 Å². The van der Waals surface area contributed by atoms with Crippen molar-refractivity contribution >= 4 is 23.3 Å². The summed E-state index contributed by atoms with van der Waals surface area (Å²) in [6.07, 6.45) is 3.17. The summed E-state index contributed by atoms with van der Waals surface area (Å²) in [5.41, 5.74) is 2.21. The van der Waals surface area contributed by atoms with E-state index >= 15 is 0 Å². The Morgan fingerprint density at radius 1 is 1.26 bits per heavy atom. The number of nitrogens with zero attached hydrogens (tertiary/aromatic N) is 4. The lowest BCUT2D eigenvalue weighted by Crippen LogP contribution is -2.42. The molecule has 0 spiro atoms. The lowest BCUT2D eigenvalue weighted by Gasteiger charge is -2.36. The van der Waals surface area contributed by atoms with Crippen LogP contribution in [0.3, 0.4) is 0 Å². The lowest BCUT2D eigenvalue weighted by molar-refractivity contribution is -0.131. The minimum atomic E-state index is -0.484. The van der Waals surface area contributed by atoms with Crippen molar-refractivity contribution in [3.8, 4) is 0 Å². The van der Waals surface area contributed by atoms with Crippen molar-refractivity contribution in [2.24, 2.45) is 5.92 Å². The quantitative estimate of drug-likeness (QED) is 0.779. The van der Waals surface area contributed by atoms with Gasteiger partial charge in [0.05, 0.1) is 12.2 Å². The van der Waals surface area contributed by atoms with Crippen LogP contribution in [0.1, 0.15) is 43.8 Å². The highest BCUT2D eigenvalue weighted by atomic mass is 35.5. The summed E-state index contributed by atoms with van der Waals surface area (Å²) in [4.78, 5) is 25.8. The highest BCUT2D eigenvalue weighted by molar-refractivity contribution is 6.30. The third-order valence-electron chi connectivity index (χ3n) is 4.89. The van der Waals surface area contributed by atoms with Gasteiger partial charge in [0.2, 0.25) is 5.91 Å². The third kappa shape index (κ3) is 3.44. The van der Waals surface area contributed by atoms with E-state index < -0.39 is 5.38 Å². The number of halogens is 1. The minimum Gasteiger partial charge on any atom is -0.356 e. The maximum Gasteiger partial charge on any atom is 0.240 e. The Labute approximate surface area is 143 Å². The van der Waals surface area contributed by atoms with Gasteiger partial charge in [0.1, 0.15) is 17.0 Å². The normalized spacial score (nSPS) is 20.3. The van der Waals surface area contributed by atoms with Crippen LogP contribution >= 0.6 is 11.6 Å². The number of amides is 1. The van der Waals surface area contributed by atoms with E-state index in [1.54, 1.807) is 6.92 Å². The van der Waals surface area contributed by atoms with E-state index in [0.717, 1.165) is 48.3 Å². The molecule has 0 N–H and O–H groups in total. The fourth-order valence-electron chi connectivity index (χ4n) is 3.44. The van der Waals surface area contributed by atoms with Crippen molar-refractivity contribution in [2.45, 2.75) is 52.0 Å². The lowest BCUT2D eigenvalue weighted by atomic mass is 9.98. The van der Waals surface area contributed by atoms with Gasteiger partial charge in [0.25, 0.3) is 0 Å². The van der Waals surface area contributed by atoms with Gasteiger partial charge in [-0.15, -0.1) is 11.6 Å². The van der Waals surface area contributed by atoms with Crippen LogP contribution in [0, 0.1) is 12.8 Å². The molecule has 126 valence electrons. The molecule has 1 saturated heterocycles. The number of rotatable bonds is 2. The van der Waals surface area contributed by atoms with Crippen molar-refractivity contribution in [2.75, 3.05) is 24.5 Å². The Morgan fingerprint density at radius 2 is 1.96 bits per heavy atom. The Hall–Kier alpha value is -1.36. The smallest absolute Gasteiger partial charge is 0.240 e.